The van der Waals surface area contributed by atoms with Crippen molar-refractivity contribution in [2.75, 3.05) is 38.8 Å². The largest absolute Gasteiger partial charge is 0.484 e. The fraction of sp³-hybridized carbons (Fsp3) is 0.462. The number of rotatable bonds is 8. The molecule has 33 heavy (non-hydrogen) atoms. The average molecular weight is 469 g/mol. The predicted molar refractivity (Wildman–Crippen MR) is 131 cm³/mol. The average Bonchev–Trinajstić information content (AvgIpc) is 3.10. The molecule has 1 fully saturated rings. The lowest BCUT2D eigenvalue weighted by atomic mass is 9.72. The van der Waals surface area contributed by atoms with E-state index in [4.69, 9.17) is 9.47 Å². The maximum atomic E-state index is 12.8. The van der Waals surface area contributed by atoms with E-state index < -0.39 is 0 Å². The molecule has 0 unspecified atom stereocenters. The third-order valence-corrected chi connectivity index (χ3v) is 7.50. The Balaban J connectivity index is 1.48. The highest BCUT2D eigenvalue weighted by Crippen LogP contribution is 2.52. The zero-order chi connectivity index (χ0) is 23.3. The number of methoxy groups -OCH3 is 1. The Morgan fingerprint density at radius 2 is 1.79 bits per heavy atom. The van der Waals surface area contributed by atoms with Gasteiger partial charge in [0.1, 0.15) is 5.75 Å². The molecule has 2 amide bonds. The van der Waals surface area contributed by atoms with Crippen LogP contribution in [0.2, 0.25) is 0 Å². The fourth-order valence-electron chi connectivity index (χ4n) is 5.31. The minimum Gasteiger partial charge on any atom is -0.484 e. The molecular formula is C26H32N2O4S. The highest BCUT2D eigenvalue weighted by Gasteiger charge is 2.54. The standard InChI is InChI=1S/C26H32N2O4S/c1-31-25-24(27-22(29)18-32-19-8-4-3-5-9-19)20-10-6-7-11-21(20)26(25)13-15-28(16-14-26)23(30)12-17-33-2/h3-11,24-25H,12-18H2,1-2H3,(H,27,29)/t24-,25+/m1/s1. The van der Waals surface area contributed by atoms with E-state index in [-0.39, 0.29) is 36.0 Å². The van der Waals surface area contributed by atoms with Gasteiger partial charge in [-0.2, -0.15) is 11.8 Å². The SMILES string of the molecule is CO[C@H]1[C@H](NC(=O)COc2ccccc2)c2ccccc2C12CCN(C(=O)CCSC)CC2. The van der Waals surface area contributed by atoms with Crippen LogP contribution in [0.3, 0.4) is 0 Å². The summed E-state index contributed by atoms with van der Waals surface area (Å²) in [4.78, 5) is 27.4. The van der Waals surface area contributed by atoms with Crippen molar-refractivity contribution in [3.8, 4) is 5.75 Å². The summed E-state index contributed by atoms with van der Waals surface area (Å²) in [5.74, 6) is 1.56. The molecule has 0 bridgehead atoms. The molecular weight excluding hydrogens is 436 g/mol. The Bertz CT molecular complexity index is 960. The van der Waals surface area contributed by atoms with E-state index in [1.807, 2.05) is 53.6 Å². The van der Waals surface area contributed by atoms with Gasteiger partial charge in [-0.3, -0.25) is 9.59 Å². The van der Waals surface area contributed by atoms with Gasteiger partial charge in [-0.1, -0.05) is 42.5 Å². The number of nitrogens with zero attached hydrogens (tertiary/aromatic N) is 1. The van der Waals surface area contributed by atoms with Gasteiger partial charge < -0.3 is 19.7 Å². The smallest absolute Gasteiger partial charge is 0.258 e. The predicted octanol–water partition coefficient (Wildman–Crippen LogP) is 3.56. The van der Waals surface area contributed by atoms with Gasteiger partial charge in [0.2, 0.25) is 5.91 Å². The van der Waals surface area contributed by atoms with Crippen LogP contribution in [0.4, 0.5) is 0 Å². The summed E-state index contributed by atoms with van der Waals surface area (Å²) in [6.07, 6.45) is 4.05. The van der Waals surface area contributed by atoms with E-state index in [0.29, 0.717) is 25.3 Å². The maximum Gasteiger partial charge on any atom is 0.258 e. The van der Waals surface area contributed by atoms with Crippen molar-refractivity contribution in [2.24, 2.45) is 0 Å². The maximum absolute atomic E-state index is 12.8. The number of para-hydroxylation sites is 1. The van der Waals surface area contributed by atoms with Gasteiger partial charge in [-0.15, -0.1) is 0 Å². The van der Waals surface area contributed by atoms with Crippen LogP contribution in [0.5, 0.6) is 5.75 Å². The second-order valence-corrected chi connectivity index (χ2v) is 9.66. The first-order valence-electron chi connectivity index (χ1n) is 11.4. The number of likely N-dealkylation sites (tertiary alicyclic amines) is 1. The summed E-state index contributed by atoms with van der Waals surface area (Å²) in [6.45, 7) is 1.36. The molecule has 2 atom stereocenters. The van der Waals surface area contributed by atoms with Crippen molar-refractivity contribution in [1.82, 2.24) is 10.2 Å². The third kappa shape index (κ3) is 4.89. The molecule has 1 aliphatic carbocycles. The topological polar surface area (TPSA) is 67.9 Å². The van der Waals surface area contributed by atoms with Crippen molar-refractivity contribution in [1.29, 1.82) is 0 Å². The summed E-state index contributed by atoms with van der Waals surface area (Å²) in [5, 5.41) is 3.17. The third-order valence-electron chi connectivity index (χ3n) is 6.89. The number of benzene rings is 2. The van der Waals surface area contributed by atoms with Gasteiger partial charge in [-0.05, 0) is 42.4 Å². The molecule has 0 saturated carbocycles. The number of nitrogens with one attached hydrogen (secondary N) is 1. The number of ether oxygens (including phenoxy) is 2. The zero-order valence-corrected chi connectivity index (χ0v) is 20.1. The highest BCUT2D eigenvalue weighted by molar-refractivity contribution is 7.98. The Morgan fingerprint density at radius 1 is 1.09 bits per heavy atom. The second-order valence-electron chi connectivity index (χ2n) is 8.67. The van der Waals surface area contributed by atoms with Gasteiger partial charge in [0, 0.05) is 37.8 Å². The first-order valence-corrected chi connectivity index (χ1v) is 12.8. The van der Waals surface area contributed by atoms with Gasteiger partial charge in [0.15, 0.2) is 6.61 Å². The van der Waals surface area contributed by atoms with E-state index in [9.17, 15) is 9.59 Å². The normalized spacial score (nSPS) is 21.0. The van der Waals surface area contributed by atoms with Crippen molar-refractivity contribution in [3.63, 3.8) is 0 Å². The van der Waals surface area contributed by atoms with Crippen molar-refractivity contribution < 1.29 is 19.1 Å². The molecule has 0 aromatic heterocycles. The Labute approximate surface area is 200 Å². The second kappa shape index (κ2) is 10.6. The van der Waals surface area contributed by atoms with Crippen LogP contribution in [0, 0.1) is 0 Å². The van der Waals surface area contributed by atoms with Crippen LogP contribution in [0.15, 0.2) is 54.6 Å². The van der Waals surface area contributed by atoms with E-state index in [2.05, 4.69) is 17.4 Å². The van der Waals surface area contributed by atoms with Crippen molar-refractivity contribution in [3.05, 3.63) is 65.7 Å². The minimum absolute atomic E-state index is 0.0518. The Hall–Kier alpha value is -2.51. The number of piperidine rings is 1. The summed E-state index contributed by atoms with van der Waals surface area (Å²) in [5.41, 5.74) is 2.10. The highest BCUT2D eigenvalue weighted by atomic mass is 32.2. The molecule has 1 saturated heterocycles. The summed E-state index contributed by atoms with van der Waals surface area (Å²) < 4.78 is 11.7. The summed E-state index contributed by atoms with van der Waals surface area (Å²) in [7, 11) is 1.72. The minimum atomic E-state index is -0.253. The van der Waals surface area contributed by atoms with Gasteiger partial charge in [0.25, 0.3) is 5.91 Å². The van der Waals surface area contributed by atoms with Crippen molar-refractivity contribution in [2.45, 2.75) is 36.8 Å². The molecule has 6 nitrogen and oxygen atoms in total. The van der Waals surface area contributed by atoms with E-state index in [1.54, 1.807) is 18.9 Å². The van der Waals surface area contributed by atoms with Crippen LogP contribution >= 0.6 is 11.8 Å². The molecule has 2 aromatic rings. The lowest BCUT2D eigenvalue weighted by molar-refractivity contribution is -0.133. The number of thioether (sulfide) groups is 1. The first kappa shape index (κ1) is 23.6. The molecule has 1 spiro atoms. The number of amides is 2. The summed E-state index contributed by atoms with van der Waals surface area (Å²) >= 11 is 1.70. The lowest BCUT2D eigenvalue weighted by Crippen LogP contribution is -2.52. The lowest BCUT2D eigenvalue weighted by Gasteiger charge is -2.44. The zero-order valence-electron chi connectivity index (χ0n) is 19.3. The fourth-order valence-corrected chi connectivity index (χ4v) is 5.69. The number of fused-ring (bicyclic) bond motifs is 2. The van der Waals surface area contributed by atoms with Crippen LogP contribution in [0.25, 0.3) is 0 Å². The van der Waals surface area contributed by atoms with E-state index >= 15 is 0 Å². The molecule has 7 heteroatoms. The van der Waals surface area contributed by atoms with Crippen molar-refractivity contribution >= 4 is 23.6 Å². The van der Waals surface area contributed by atoms with E-state index in [1.165, 1.54) is 5.56 Å². The number of hydrogen-bond donors (Lipinski definition) is 1. The molecule has 1 aliphatic heterocycles. The van der Waals surface area contributed by atoms with Gasteiger partial charge >= 0.3 is 0 Å². The Morgan fingerprint density at radius 3 is 2.48 bits per heavy atom. The summed E-state index contributed by atoms with van der Waals surface area (Å²) in [6, 6.07) is 17.4. The number of carbonyl (C=O) groups excluding carboxylic acids is 2. The van der Waals surface area contributed by atoms with E-state index in [0.717, 1.165) is 24.2 Å². The van der Waals surface area contributed by atoms with Gasteiger partial charge in [-0.25, -0.2) is 0 Å². The van der Waals surface area contributed by atoms with Crippen LogP contribution in [-0.4, -0.2) is 61.6 Å². The van der Waals surface area contributed by atoms with Crippen LogP contribution < -0.4 is 10.1 Å². The molecule has 1 heterocycles. The molecule has 0 radical (unpaired) electrons. The molecule has 1 N–H and O–H groups in total. The van der Waals surface area contributed by atoms with Crippen LogP contribution in [0.1, 0.15) is 36.4 Å². The quantitative estimate of drug-likeness (QED) is 0.642. The van der Waals surface area contributed by atoms with Crippen LogP contribution in [-0.2, 0) is 19.7 Å². The molecule has 2 aliphatic rings. The monoisotopic (exact) mass is 468 g/mol. The number of carbonyl (C=O) groups is 2. The molecule has 176 valence electrons. The van der Waals surface area contributed by atoms with Gasteiger partial charge in [0.05, 0.1) is 12.1 Å². The molecule has 2 aromatic carbocycles. The molecule has 4 rings (SSSR count). The Kier molecular flexibility index (Phi) is 7.60. The first-order chi connectivity index (χ1) is 16.1. The number of hydrogen-bond acceptors (Lipinski definition) is 5.